The molecule has 5 nitrogen and oxygen atoms in total. The van der Waals surface area contributed by atoms with Gasteiger partial charge in [-0.25, -0.2) is 0 Å². The number of nitrogens with zero attached hydrogens (tertiary/aromatic N) is 1. The van der Waals surface area contributed by atoms with Crippen LogP contribution in [-0.4, -0.2) is 56.8 Å². The van der Waals surface area contributed by atoms with Crippen LogP contribution in [-0.2, 0) is 5.60 Å². The third kappa shape index (κ3) is 4.50. The second-order valence-electron chi connectivity index (χ2n) is 17.7. The Kier molecular flexibility index (Phi) is 7.69. The third-order valence-corrected chi connectivity index (χ3v) is 16.7. The van der Waals surface area contributed by atoms with Crippen LogP contribution in [0.5, 0.6) is 0 Å². The standard InChI is InChI=1S/C45H53NO4S/c1-30-16-17-35(51-30)39(48)34-28-42-24-25-44(34)36(40(42,2)21-18-33(47)27-42)19-22-41(3)37(44)20-23-43(41,49)29-46-26-10-15-38(46)45(50,31-11-6-4-7-12-31)32-13-8-5-9-14-32/h4-9,11-14,16-17,24-25,28,33,36-38,47,49-50H,10,15,18-23,26-27,29H2,1-3H3/t33?,36-,37-,38-,40-,41+,42+,43-,44-/m1/s1. The van der Waals surface area contributed by atoms with Gasteiger partial charge < -0.3 is 15.3 Å². The number of ketones is 1. The number of hydrogen-bond donors (Lipinski definition) is 3. The molecule has 2 spiro atoms. The molecule has 9 atom stereocenters. The molecule has 1 saturated heterocycles. The van der Waals surface area contributed by atoms with Gasteiger partial charge in [-0.15, -0.1) is 11.3 Å². The number of likely N-dealkylation sites (tertiary alicyclic amines) is 1. The molecule has 0 radical (unpaired) electrons. The van der Waals surface area contributed by atoms with Gasteiger partial charge in [-0.05, 0) is 112 Å². The SMILES string of the molecule is Cc1ccc(C(=O)C2=C[C@@]34C=C[C@@]25[C@@H]2CC[C@@](O)(CN6CCC[C@@H]6C(O)(c6ccccc6)c6ccccc6)[C@@]2(C)CC[C@@H]5[C@@]3(C)CCC(O)C4)s1. The molecule has 2 bridgehead atoms. The molecule has 3 N–H and O–H groups in total. The van der Waals surface area contributed by atoms with Crippen LogP contribution < -0.4 is 0 Å². The first-order chi connectivity index (χ1) is 24.4. The van der Waals surface area contributed by atoms with Gasteiger partial charge in [-0.3, -0.25) is 9.69 Å². The number of aliphatic hydroxyl groups is 3. The molecule has 6 aliphatic carbocycles. The highest BCUT2D eigenvalue weighted by atomic mass is 32.1. The summed E-state index contributed by atoms with van der Waals surface area (Å²) in [6.07, 6.45) is 14.4. The van der Waals surface area contributed by atoms with E-state index >= 15 is 0 Å². The Labute approximate surface area is 307 Å². The third-order valence-electron chi connectivity index (χ3n) is 15.7. The molecular formula is C45H53NO4S. The van der Waals surface area contributed by atoms with E-state index in [-0.39, 0.29) is 40.6 Å². The molecule has 2 aromatic carbocycles. The Morgan fingerprint density at radius 2 is 1.51 bits per heavy atom. The molecule has 3 aromatic rings. The van der Waals surface area contributed by atoms with Crippen LogP contribution in [0.4, 0.5) is 0 Å². The highest BCUT2D eigenvalue weighted by Crippen LogP contribution is 2.78. The number of carbonyl (C=O) groups is 1. The number of Topliss-reactive ketones (excluding diaryl/α,β-unsaturated/α-hetero) is 1. The zero-order chi connectivity index (χ0) is 35.4. The minimum Gasteiger partial charge on any atom is -0.393 e. The molecule has 6 heteroatoms. The van der Waals surface area contributed by atoms with E-state index < -0.39 is 22.0 Å². The second kappa shape index (κ2) is 11.6. The highest BCUT2D eigenvalue weighted by Gasteiger charge is 2.74. The van der Waals surface area contributed by atoms with E-state index in [1.165, 1.54) is 0 Å². The van der Waals surface area contributed by atoms with Gasteiger partial charge in [0.2, 0.25) is 0 Å². The maximum Gasteiger partial charge on any atom is 0.199 e. The van der Waals surface area contributed by atoms with Gasteiger partial charge in [-0.2, -0.15) is 0 Å². The van der Waals surface area contributed by atoms with Crippen molar-refractivity contribution in [2.75, 3.05) is 13.1 Å². The summed E-state index contributed by atoms with van der Waals surface area (Å²) < 4.78 is 0. The fraction of sp³-hybridized carbons (Fsp3) is 0.533. The van der Waals surface area contributed by atoms with Crippen LogP contribution in [0.3, 0.4) is 0 Å². The molecule has 1 aliphatic heterocycles. The van der Waals surface area contributed by atoms with Gasteiger partial charge in [0.25, 0.3) is 0 Å². The lowest BCUT2D eigenvalue weighted by molar-refractivity contribution is -0.178. The van der Waals surface area contributed by atoms with Crippen LogP contribution >= 0.6 is 11.3 Å². The number of hydrogen-bond acceptors (Lipinski definition) is 6. The van der Waals surface area contributed by atoms with Crippen molar-refractivity contribution in [3.63, 3.8) is 0 Å². The monoisotopic (exact) mass is 703 g/mol. The number of allylic oxidation sites excluding steroid dienone is 4. The summed E-state index contributed by atoms with van der Waals surface area (Å²) in [6, 6.07) is 24.0. The zero-order valence-electron chi connectivity index (χ0n) is 30.4. The number of aliphatic hydroxyl groups excluding tert-OH is 1. The lowest BCUT2D eigenvalue weighted by atomic mass is 9.32. The molecule has 0 amide bonds. The van der Waals surface area contributed by atoms with Gasteiger partial charge in [0.15, 0.2) is 5.78 Å². The van der Waals surface area contributed by atoms with Crippen molar-refractivity contribution in [2.24, 2.45) is 33.5 Å². The number of thiophene rings is 1. The Morgan fingerprint density at radius 3 is 2.18 bits per heavy atom. The summed E-state index contributed by atoms with van der Waals surface area (Å²) in [5, 5.41) is 37.2. The normalized spacial score (nSPS) is 40.1. The first-order valence-electron chi connectivity index (χ1n) is 19.4. The number of carbonyl (C=O) groups excluding carboxylic acids is 1. The summed E-state index contributed by atoms with van der Waals surface area (Å²) in [5.74, 6) is 0.513. The quantitative estimate of drug-likeness (QED) is 0.171. The molecule has 51 heavy (non-hydrogen) atoms. The predicted octanol–water partition coefficient (Wildman–Crippen LogP) is 8.23. The molecule has 4 fully saturated rings. The van der Waals surface area contributed by atoms with Crippen molar-refractivity contribution < 1.29 is 20.1 Å². The van der Waals surface area contributed by atoms with E-state index in [1.807, 2.05) is 66.7 Å². The lowest BCUT2D eigenvalue weighted by Gasteiger charge is -2.71. The van der Waals surface area contributed by atoms with E-state index in [2.05, 4.69) is 50.0 Å². The summed E-state index contributed by atoms with van der Waals surface area (Å²) in [4.78, 5) is 19.1. The molecular weight excluding hydrogens is 651 g/mol. The van der Waals surface area contributed by atoms with Crippen molar-refractivity contribution in [3.8, 4) is 0 Å². The largest absolute Gasteiger partial charge is 0.393 e. The summed E-state index contributed by atoms with van der Waals surface area (Å²) in [6.45, 7) is 8.17. The van der Waals surface area contributed by atoms with Gasteiger partial charge in [0.1, 0.15) is 5.60 Å². The average Bonchev–Trinajstić information content (AvgIpc) is 3.86. The van der Waals surface area contributed by atoms with Crippen LogP contribution in [0.1, 0.15) is 97.3 Å². The summed E-state index contributed by atoms with van der Waals surface area (Å²) in [7, 11) is 0. The number of rotatable bonds is 7. The lowest BCUT2D eigenvalue weighted by Crippen LogP contribution is -2.67. The fourth-order valence-corrected chi connectivity index (χ4v) is 13.9. The van der Waals surface area contributed by atoms with E-state index in [0.29, 0.717) is 19.4 Å². The van der Waals surface area contributed by atoms with Gasteiger partial charge in [0, 0.05) is 39.3 Å². The molecule has 1 aromatic heterocycles. The summed E-state index contributed by atoms with van der Waals surface area (Å²) in [5.41, 5.74) is -0.789. The number of β-amino-alcohol motifs (C(OH)–C–C–N with tert-alkyl or cyclic N) is 1. The maximum absolute atomic E-state index is 14.8. The van der Waals surface area contributed by atoms with Gasteiger partial charge in [0.05, 0.1) is 16.6 Å². The predicted molar refractivity (Wildman–Crippen MR) is 202 cm³/mol. The summed E-state index contributed by atoms with van der Waals surface area (Å²) >= 11 is 1.58. The van der Waals surface area contributed by atoms with Gasteiger partial charge in [-0.1, -0.05) is 92.7 Å². The van der Waals surface area contributed by atoms with Crippen LogP contribution in [0.15, 0.2) is 96.6 Å². The van der Waals surface area contributed by atoms with Gasteiger partial charge >= 0.3 is 0 Å². The van der Waals surface area contributed by atoms with E-state index in [4.69, 9.17) is 0 Å². The van der Waals surface area contributed by atoms with Crippen molar-refractivity contribution in [1.29, 1.82) is 0 Å². The smallest absolute Gasteiger partial charge is 0.199 e. The Balaban J connectivity index is 1.11. The molecule has 268 valence electrons. The second-order valence-corrected chi connectivity index (χ2v) is 19.0. The average molecular weight is 704 g/mol. The number of fused-ring (bicyclic) bond motifs is 1. The minimum absolute atomic E-state index is 0.0555. The highest BCUT2D eigenvalue weighted by molar-refractivity contribution is 7.14. The Bertz CT molecular complexity index is 1860. The fourth-order valence-electron chi connectivity index (χ4n) is 13.0. The first-order valence-corrected chi connectivity index (χ1v) is 20.2. The van der Waals surface area contributed by atoms with Crippen molar-refractivity contribution in [2.45, 2.75) is 102 Å². The topological polar surface area (TPSA) is 81.0 Å². The number of aryl methyl sites for hydroxylation is 1. The minimum atomic E-state index is -1.22. The van der Waals surface area contributed by atoms with E-state index in [9.17, 15) is 20.1 Å². The molecule has 7 aliphatic rings. The van der Waals surface area contributed by atoms with Crippen molar-refractivity contribution >= 4 is 17.1 Å². The van der Waals surface area contributed by atoms with E-state index in [1.54, 1.807) is 11.3 Å². The zero-order valence-corrected chi connectivity index (χ0v) is 31.2. The molecule has 1 unspecified atom stereocenters. The van der Waals surface area contributed by atoms with Crippen LogP contribution in [0.2, 0.25) is 0 Å². The molecule has 10 rings (SSSR count). The van der Waals surface area contributed by atoms with Crippen LogP contribution in [0, 0.1) is 40.4 Å². The Morgan fingerprint density at radius 1 is 0.863 bits per heavy atom. The molecule has 3 saturated carbocycles. The van der Waals surface area contributed by atoms with E-state index in [0.717, 1.165) is 77.9 Å². The Hall–Kier alpha value is -2.87. The molecule has 2 heterocycles. The number of benzene rings is 2. The van der Waals surface area contributed by atoms with Crippen molar-refractivity contribution in [1.82, 2.24) is 4.90 Å². The van der Waals surface area contributed by atoms with Crippen molar-refractivity contribution in [3.05, 3.63) is 117 Å². The first kappa shape index (κ1) is 33.9. The maximum atomic E-state index is 14.8. The van der Waals surface area contributed by atoms with Crippen LogP contribution in [0.25, 0.3) is 0 Å².